The van der Waals surface area contributed by atoms with E-state index in [-0.39, 0.29) is 23.4 Å². The van der Waals surface area contributed by atoms with Gasteiger partial charge in [-0.2, -0.15) is 9.97 Å². The number of hydrogen-bond acceptors (Lipinski definition) is 8. The fourth-order valence-corrected chi connectivity index (χ4v) is 8.39. The molecular formula is C33H36ClN5O3. The maximum atomic E-state index is 11.0. The van der Waals surface area contributed by atoms with Gasteiger partial charge in [0.2, 0.25) is 0 Å². The first kappa shape index (κ1) is 26.5. The lowest BCUT2D eigenvalue weighted by Gasteiger charge is -2.32. The van der Waals surface area contributed by atoms with E-state index in [4.69, 9.17) is 26.3 Å². The standard InChI is InChI=1S/C33H36ClN5O3/c34-27-16-26-28(17-25(27)24-15-22(40)13-20-5-1-2-6-23(20)24)36-32(42-19-33-8-3-11-38(33)12-4-9-33)37-31(26)39-21-14-30(41)29(39)7-10-35-18-21/h1-2,5-6,13,15-17,21,29-30,35,40-41H,3-4,7-12,14,18-19H2. The summed E-state index contributed by atoms with van der Waals surface area (Å²) in [5, 5.41) is 28.5. The van der Waals surface area contributed by atoms with Gasteiger partial charge < -0.3 is 25.2 Å². The second-order valence-electron chi connectivity index (χ2n) is 12.5. The zero-order chi connectivity index (χ0) is 28.4. The minimum absolute atomic E-state index is 0.0387. The second kappa shape index (κ2) is 10.2. The monoisotopic (exact) mass is 585 g/mol. The topological polar surface area (TPSA) is 94.0 Å². The number of aliphatic hydroxyl groups excluding tert-OH is 1. The predicted octanol–water partition coefficient (Wildman–Crippen LogP) is 5.12. The van der Waals surface area contributed by atoms with E-state index < -0.39 is 6.10 Å². The number of halogens is 1. The number of aliphatic hydroxyl groups is 1. The average Bonchev–Trinajstić information content (AvgIpc) is 3.60. The molecule has 4 fully saturated rings. The molecule has 3 N–H and O–H groups in total. The number of benzene rings is 3. The average molecular weight is 586 g/mol. The van der Waals surface area contributed by atoms with Crippen molar-refractivity contribution < 1.29 is 14.9 Å². The number of fused-ring (bicyclic) bond motifs is 5. The molecule has 4 aromatic rings. The highest BCUT2D eigenvalue weighted by atomic mass is 35.5. The maximum Gasteiger partial charge on any atom is 0.319 e. The Morgan fingerprint density at radius 1 is 1.02 bits per heavy atom. The summed E-state index contributed by atoms with van der Waals surface area (Å²) in [4.78, 5) is 14.9. The van der Waals surface area contributed by atoms with Crippen LogP contribution in [0.25, 0.3) is 32.8 Å². The van der Waals surface area contributed by atoms with Gasteiger partial charge in [-0.05, 0) is 98.8 Å². The van der Waals surface area contributed by atoms with Gasteiger partial charge in [0.15, 0.2) is 0 Å². The molecule has 3 atom stereocenters. The summed E-state index contributed by atoms with van der Waals surface area (Å²) >= 11 is 7.04. The molecule has 2 bridgehead atoms. The van der Waals surface area contributed by atoms with Crippen LogP contribution >= 0.6 is 11.6 Å². The Balaban J connectivity index is 1.28. The third-order valence-corrected chi connectivity index (χ3v) is 10.4. The number of aromatic nitrogens is 2. The number of phenolic OH excluding ortho intramolecular Hbond substituents is 1. The Bertz CT molecular complexity index is 1670. The van der Waals surface area contributed by atoms with Crippen molar-refractivity contribution in [3.8, 4) is 22.9 Å². The Labute approximate surface area is 250 Å². The first-order valence-corrected chi connectivity index (χ1v) is 15.7. The molecule has 4 aliphatic heterocycles. The summed E-state index contributed by atoms with van der Waals surface area (Å²) in [5.41, 5.74) is 2.45. The van der Waals surface area contributed by atoms with Crippen LogP contribution in [-0.4, -0.2) is 81.6 Å². The van der Waals surface area contributed by atoms with E-state index in [9.17, 15) is 10.2 Å². The summed E-state index contributed by atoms with van der Waals surface area (Å²) in [6.45, 7) is 4.49. The highest BCUT2D eigenvalue weighted by molar-refractivity contribution is 6.35. The van der Waals surface area contributed by atoms with Crippen LogP contribution in [0.2, 0.25) is 5.02 Å². The number of anilines is 1. The fraction of sp³-hybridized carbons (Fsp3) is 0.455. The van der Waals surface area contributed by atoms with Gasteiger partial charge >= 0.3 is 6.01 Å². The van der Waals surface area contributed by atoms with Crippen molar-refractivity contribution in [2.45, 2.75) is 62.3 Å². The van der Waals surface area contributed by atoms with E-state index in [1.165, 1.54) is 12.8 Å². The molecule has 0 amide bonds. The molecule has 3 aromatic carbocycles. The Morgan fingerprint density at radius 3 is 2.71 bits per heavy atom. The molecule has 8 nitrogen and oxygen atoms in total. The summed E-state index contributed by atoms with van der Waals surface area (Å²) in [6.07, 6.45) is 5.81. The molecule has 0 saturated carbocycles. The Kier molecular flexibility index (Phi) is 6.44. The lowest BCUT2D eigenvalue weighted by molar-refractivity contribution is 0.108. The first-order chi connectivity index (χ1) is 20.5. The quantitative estimate of drug-likeness (QED) is 0.297. The predicted molar refractivity (Wildman–Crippen MR) is 166 cm³/mol. The van der Waals surface area contributed by atoms with Gasteiger partial charge in [-0.15, -0.1) is 0 Å². The van der Waals surface area contributed by atoms with E-state index in [2.05, 4.69) is 15.1 Å². The van der Waals surface area contributed by atoms with Gasteiger partial charge in [-0.3, -0.25) is 4.90 Å². The minimum atomic E-state index is -0.413. The van der Waals surface area contributed by atoms with Gasteiger partial charge in [0, 0.05) is 28.6 Å². The van der Waals surface area contributed by atoms with Crippen molar-refractivity contribution in [1.29, 1.82) is 0 Å². The van der Waals surface area contributed by atoms with Crippen molar-refractivity contribution in [2.75, 3.05) is 37.7 Å². The zero-order valence-electron chi connectivity index (χ0n) is 23.6. The van der Waals surface area contributed by atoms with Gasteiger partial charge in [-0.25, -0.2) is 0 Å². The largest absolute Gasteiger partial charge is 0.508 e. The number of phenols is 1. The molecule has 5 heterocycles. The molecule has 8 rings (SSSR count). The summed E-state index contributed by atoms with van der Waals surface area (Å²) in [7, 11) is 0. The Morgan fingerprint density at radius 2 is 1.86 bits per heavy atom. The highest BCUT2D eigenvalue weighted by Crippen LogP contribution is 2.43. The molecule has 3 unspecified atom stereocenters. The van der Waals surface area contributed by atoms with Crippen LogP contribution in [0, 0.1) is 0 Å². The molecule has 1 aromatic heterocycles. The molecule has 9 heteroatoms. The van der Waals surface area contributed by atoms with E-state index >= 15 is 0 Å². The van der Waals surface area contributed by atoms with Crippen molar-refractivity contribution in [2.24, 2.45) is 0 Å². The maximum absolute atomic E-state index is 11.0. The first-order valence-electron chi connectivity index (χ1n) is 15.3. The molecule has 0 radical (unpaired) electrons. The molecule has 42 heavy (non-hydrogen) atoms. The third kappa shape index (κ3) is 4.30. The minimum Gasteiger partial charge on any atom is -0.508 e. The van der Waals surface area contributed by atoms with Gasteiger partial charge in [0.05, 0.1) is 23.2 Å². The smallest absolute Gasteiger partial charge is 0.319 e. The summed E-state index contributed by atoms with van der Waals surface area (Å²) in [6, 6.07) is 15.9. The van der Waals surface area contributed by atoms with Crippen molar-refractivity contribution >= 4 is 39.1 Å². The van der Waals surface area contributed by atoms with Gasteiger partial charge in [0.1, 0.15) is 18.2 Å². The SMILES string of the molecule is Oc1cc(-c2cc3nc(OCC45CCCN4CCC5)nc(N4C5CNCCC4C(O)C5)c3cc2Cl)c2ccccc2c1. The molecule has 4 aliphatic rings. The number of hydrogen-bond donors (Lipinski definition) is 3. The van der Waals surface area contributed by atoms with Crippen LogP contribution < -0.4 is 15.0 Å². The fourth-order valence-electron chi connectivity index (χ4n) is 8.12. The summed E-state index contributed by atoms with van der Waals surface area (Å²) in [5.74, 6) is 0.957. The van der Waals surface area contributed by atoms with Crippen LogP contribution in [0.15, 0.2) is 48.5 Å². The number of nitrogens with one attached hydrogen (secondary N) is 1. The van der Waals surface area contributed by atoms with Crippen LogP contribution in [0.5, 0.6) is 11.8 Å². The highest BCUT2D eigenvalue weighted by Gasteiger charge is 2.46. The lowest BCUT2D eigenvalue weighted by atomic mass is 9.95. The number of aromatic hydroxyl groups is 1. The summed E-state index contributed by atoms with van der Waals surface area (Å²) < 4.78 is 6.51. The number of nitrogens with zero attached hydrogens (tertiary/aromatic N) is 4. The van der Waals surface area contributed by atoms with E-state index in [1.54, 1.807) is 12.1 Å². The lowest BCUT2D eigenvalue weighted by Crippen LogP contribution is -2.43. The van der Waals surface area contributed by atoms with E-state index in [1.807, 2.05) is 36.4 Å². The number of ether oxygens (including phenoxy) is 1. The van der Waals surface area contributed by atoms with Crippen LogP contribution in [0.3, 0.4) is 0 Å². The van der Waals surface area contributed by atoms with Crippen molar-refractivity contribution in [1.82, 2.24) is 20.2 Å². The second-order valence-corrected chi connectivity index (χ2v) is 12.9. The van der Waals surface area contributed by atoms with Gasteiger partial charge in [0.25, 0.3) is 0 Å². The van der Waals surface area contributed by atoms with Crippen LogP contribution in [-0.2, 0) is 0 Å². The zero-order valence-corrected chi connectivity index (χ0v) is 24.4. The molecule has 0 aliphatic carbocycles. The van der Waals surface area contributed by atoms with Crippen LogP contribution in [0.4, 0.5) is 5.82 Å². The molecule has 218 valence electrons. The van der Waals surface area contributed by atoms with E-state index in [0.29, 0.717) is 24.1 Å². The number of rotatable bonds is 5. The molecule has 4 saturated heterocycles. The van der Waals surface area contributed by atoms with Crippen molar-refractivity contribution in [3.05, 3.63) is 53.6 Å². The molecular weight excluding hydrogens is 550 g/mol. The van der Waals surface area contributed by atoms with Crippen molar-refractivity contribution in [3.63, 3.8) is 0 Å². The Hall–Kier alpha value is -3.17. The van der Waals surface area contributed by atoms with Crippen LogP contribution in [0.1, 0.15) is 38.5 Å². The normalized spacial score (nSPS) is 25.3. The van der Waals surface area contributed by atoms with Gasteiger partial charge in [-0.1, -0.05) is 35.9 Å². The molecule has 0 spiro atoms. The third-order valence-electron chi connectivity index (χ3n) is 10.1. The van der Waals surface area contributed by atoms with E-state index in [0.717, 1.165) is 84.1 Å².